The Morgan fingerprint density at radius 1 is 1.67 bits per heavy atom. The maximum Gasteiger partial charge on any atom is 0.290 e. The number of H-pyrrole nitrogens is 1. The second kappa shape index (κ2) is 4.23. The predicted molar refractivity (Wildman–Crippen MR) is 60.5 cm³/mol. The summed E-state index contributed by atoms with van der Waals surface area (Å²) in [5.41, 5.74) is -0.143. The van der Waals surface area contributed by atoms with Crippen molar-refractivity contribution in [3.05, 3.63) is 22.7 Å². The SMILES string of the molecule is CC1CCN(c2ncc[nH]c2=O)CC1Cl. The number of rotatable bonds is 1. The van der Waals surface area contributed by atoms with Crippen molar-refractivity contribution in [3.63, 3.8) is 0 Å². The number of anilines is 1. The number of aromatic nitrogens is 2. The van der Waals surface area contributed by atoms with E-state index in [2.05, 4.69) is 16.9 Å². The molecular formula is C10H14ClN3O. The Morgan fingerprint density at radius 3 is 3.13 bits per heavy atom. The van der Waals surface area contributed by atoms with Crippen LogP contribution in [0, 0.1) is 5.92 Å². The molecule has 2 heterocycles. The van der Waals surface area contributed by atoms with Gasteiger partial charge in [0, 0.05) is 25.5 Å². The highest BCUT2D eigenvalue weighted by Crippen LogP contribution is 2.23. The van der Waals surface area contributed by atoms with E-state index in [-0.39, 0.29) is 10.9 Å². The van der Waals surface area contributed by atoms with Crippen molar-refractivity contribution >= 4 is 17.4 Å². The number of nitrogens with zero attached hydrogens (tertiary/aromatic N) is 2. The molecule has 0 radical (unpaired) electrons. The van der Waals surface area contributed by atoms with Gasteiger partial charge in [0.15, 0.2) is 5.82 Å². The molecule has 4 nitrogen and oxygen atoms in total. The lowest BCUT2D eigenvalue weighted by Crippen LogP contribution is -2.43. The number of nitrogens with one attached hydrogen (secondary N) is 1. The van der Waals surface area contributed by atoms with Gasteiger partial charge < -0.3 is 9.88 Å². The fourth-order valence-electron chi connectivity index (χ4n) is 1.78. The molecule has 82 valence electrons. The van der Waals surface area contributed by atoms with Crippen LogP contribution in [-0.4, -0.2) is 28.4 Å². The predicted octanol–water partition coefficient (Wildman–Crippen LogP) is 1.22. The fourth-order valence-corrected chi connectivity index (χ4v) is 2.08. The van der Waals surface area contributed by atoms with E-state index in [9.17, 15) is 4.79 Å². The standard InChI is InChI=1S/C10H14ClN3O/c1-7-2-5-14(6-8(7)11)9-10(15)13-4-3-12-9/h3-4,7-8H,2,5-6H2,1H3,(H,13,15). The van der Waals surface area contributed by atoms with Crippen LogP contribution in [0.3, 0.4) is 0 Å². The molecule has 5 heteroatoms. The van der Waals surface area contributed by atoms with Gasteiger partial charge in [0.1, 0.15) is 0 Å². The summed E-state index contributed by atoms with van der Waals surface area (Å²) in [5.74, 6) is 0.987. The minimum atomic E-state index is -0.143. The first kappa shape index (κ1) is 10.5. The van der Waals surface area contributed by atoms with E-state index in [1.54, 1.807) is 6.20 Å². The summed E-state index contributed by atoms with van der Waals surface area (Å²) in [7, 11) is 0. The first-order valence-electron chi connectivity index (χ1n) is 5.11. The van der Waals surface area contributed by atoms with E-state index in [1.807, 2.05) is 4.90 Å². The van der Waals surface area contributed by atoms with Gasteiger partial charge in [0.05, 0.1) is 5.38 Å². The average molecular weight is 228 g/mol. The molecule has 0 aromatic carbocycles. The van der Waals surface area contributed by atoms with Crippen molar-refractivity contribution in [2.24, 2.45) is 5.92 Å². The molecule has 0 saturated carbocycles. The lowest BCUT2D eigenvalue weighted by molar-refractivity contribution is 0.443. The van der Waals surface area contributed by atoms with Crippen molar-refractivity contribution in [1.82, 2.24) is 9.97 Å². The van der Waals surface area contributed by atoms with Gasteiger partial charge in [-0.25, -0.2) is 4.98 Å². The third-order valence-electron chi connectivity index (χ3n) is 2.86. The Hall–Kier alpha value is -1.03. The zero-order valence-corrected chi connectivity index (χ0v) is 9.37. The lowest BCUT2D eigenvalue weighted by Gasteiger charge is -2.34. The fraction of sp³-hybridized carbons (Fsp3) is 0.600. The molecule has 2 unspecified atom stereocenters. The first-order chi connectivity index (χ1) is 7.18. The minimum absolute atomic E-state index is 0.0974. The molecule has 1 aliphatic rings. The van der Waals surface area contributed by atoms with Crippen molar-refractivity contribution in [2.45, 2.75) is 18.7 Å². The Labute approximate surface area is 93.3 Å². The molecule has 1 N–H and O–H groups in total. The number of aromatic amines is 1. The summed E-state index contributed by atoms with van der Waals surface area (Å²) < 4.78 is 0. The number of alkyl halides is 1. The molecule has 1 fully saturated rings. The highest BCUT2D eigenvalue weighted by molar-refractivity contribution is 6.21. The van der Waals surface area contributed by atoms with Crippen molar-refractivity contribution < 1.29 is 0 Å². The molecule has 2 rings (SSSR count). The maximum atomic E-state index is 11.5. The van der Waals surface area contributed by atoms with Gasteiger partial charge in [0.2, 0.25) is 0 Å². The van der Waals surface area contributed by atoms with E-state index in [0.29, 0.717) is 18.3 Å². The highest BCUT2D eigenvalue weighted by Gasteiger charge is 2.26. The van der Waals surface area contributed by atoms with Crippen LogP contribution >= 0.6 is 11.6 Å². The topological polar surface area (TPSA) is 49.0 Å². The molecule has 1 aromatic heterocycles. The summed E-state index contributed by atoms with van der Waals surface area (Å²) in [5, 5.41) is 0.0974. The van der Waals surface area contributed by atoms with Gasteiger partial charge in [-0.15, -0.1) is 11.6 Å². The second-order valence-electron chi connectivity index (χ2n) is 3.97. The Kier molecular flexibility index (Phi) is 2.95. The normalized spacial score (nSPS) is 26.7. The largest absolute Gasteiger partial charge is 0.351 e. The van der Waals surface area contributed by atoms with E-state index in [1.165, 1.54) is 6.20 Å². The number of hydrogen-bond acceptors (Lipinski definition) is 3. The molecule has 1 saturated heterocycles. The van der Waals surface area contributed by atoms with Gasteiger partial charge in [-0.3, -0.25) is 4.79 Å². The van der Waals surface area contributed by atoms with Crippen LogP contribution in [0.15, 0.2) is 17.2 Å². The Balaban J connectivity index is 2.19. The van der Waals surface area contributed by atoms with Crippen molar-refractivity contribution in [1.29, 1.82) is 0 Å². The van der Waals surface area contributed by atoms with Gasteiger partial charge in [-0.2, -0.15) is 0 Å². The molecule has 0 aliphatic carbocycles. The summed E-state index contributed by atoms with van der Waals surface area (Å²) >= 11 is 6.18. The van der Waals surface area contributed by atoms with Crippen molar-refractivity contribution in [2.75, 3.05) is 18.0 Å². The van der Waals surface area contributed by atoms with Crippen LogP contribution in [0.25, 0.3) is 0 Å². The van der Waals surface area contributed by atoms with Crippen LogP contribution in [0.5, 0.6) is 0 Å². The lowest BCUT2D eigenvalue weighted by atomic mass is 9.99. The van der Waals surface area contributed by atoms with Crippen LogP contribution in [0.4, 0.5) is 5.82 Å². The van der Waals surface area contributed by atoms with Gasteiger partial charge in [0.25, 0.3) is 5.56 Å². The van der Waals surface area contributed by atoms with Crippen LogP contribution < -0.4 is 10.5 Å². The van der Waals surface area contributed by atoms with Gasteiger partial charge in [-0.1, -0.05) is 6.92 Å². The van der Waals surface area contributed by atoms with E-state index >= 15 is 0 Å². The minimum Gasteiger partial charge on any atom is -0.351 e. The molecule has 1 aromatic rings. The van der Waals surface area contributed by atoms with Crippen LogP contribution in [0.1, 0.15) is 13.3 Å². The van der Waals surface area contributed by atoms with E-state index in [4.69, 9.17) is 11.6 Å². The number of halogens is 1. The third kappa shape index (κ3) is 2.15. The highest BCUT2D eigenvalue weighted by atomic mass is 35.5. The third-order valence-corrected chi connectivity index (χ3v) is 3.42. The zero-order valence-electron chi connectivity index (χ0n) is 8.61. The van der Waals surface area contributed by atoms with E-state index < -0.39 is 0 Å². The summed E-state index contributed by atoms with van der Waals surface area (Å²) in [6, 6.07) is 0. The summed E-state index contributed by atoms with van der Waals surface area (Å²) in [6.07, 6.45) is 4.14. The second-order valence-corrected chi connectivity index (χ2v) is 4.53. The summed E-state index contributed by atoms with van der Waals surface area (Å²) in [4.78, 5) is 20.2. The number of piperidine rings is 1. The zero-order chi connectivity index (χ0) is 10.8. The molecule has 0 spiro atoms. The number of hydrogen-bond donors (Lipinski definition) is 1. The molecular weight excluding hydrogens is 214 g/mol. The molecule has 0 amide bonds. The summed E-state index contributed by atoms with van der Waals surface area (Å²) in [6.45, 7) is 3.69. The Morgan fingerprint density at radius 2 is 2.47 bits per heavy atom. The van der Waals surface area contributed by atoms with Gasteiger partial charge >= 0.3 is 0 Å². The van der Waals surface area contributed by atoms with Crippen LogP contribution in [-0.2, 0) is 0 Å². The van der Waals surface area contributed by atoms with Crippen molar-refractivity contribution in [3.8, 4) is 0 Å². The maximum absolute atomic E-state index is 11.5. The van der Waals surface area contributed by atoms with Gasteiger partial charge in [-0.05, 0) is 12.3 Å². The quantitative estimate of drug-likeness (QED) is 0.734. The smallest absolute Gasteiger partial charge is 0.290 e. The molecule has 15 heavy (non-hydrogen) atoms. The monoisotopic (exact) mass is 227 g/mol. The average Bonchev–Trinajstić information content (AvgIpc) is 2.23. The first-order valence-corrected chi connectivity index (χ1v) is 5.55. The van der Waals surface area contributed by atoms with E-state index in [0.717, 1.165) is 13.0 Å². The molecule has 1 aliphatic heterocycles. The Bertz CT molecular complexity index is 392. The molecule has 2 atom stereocenters. The van der Waals surface area contributed by atoms with Crippen LogP contribution in [0.2, 0.25) is 0 Å². The molecule has 0 bridgehead atoms.